The monoisotopic (exact) mass is 530 g/mol. The molecule has 4 aromatic rings. The van der Waals surface area contributed by atoms with Gasteiger partial charge in [0, 0.05) is 34.3 Å². The molecule has 0 saturated heterocycles. The van der Waals surface area contributed by atoms with Crippen LogP contribution in [0.2, 0.25) is 5.02 Å². The molecule has 1 unspecified atom stereocenters. The first-order valence-corrected chi connectivity index (χ1v) is 12.4. The van der Waals surface area contributed by atoms with E-state index >= 15 is 0 Å². The fraction of sp³-hybridized carbons (Fsp3) is 0.172. The zero-order valence-corrected chi connectivity index (χ0v) is 21.2. The number of H-pyrrole nitrogens is 1. The average Bonchev–Trinajstić information content (AvgIpc) is 3.41. The summed E-state index contributed by atoms with van der Waals surface area (Å²) in [7, 11) is 1.57. The number of amides is 1. The molecule has 3 aromatic carbocycles. The Morgan fingerprint density at radius 1 is 1.11 bits per heavy atom. The standard InChI is InChI=1S/C29H24ClN3O5/c1-38-20-10-7-17(8-11-20)24-16-23(32-33(24)25(34)13-14-26(35)36)28-27(18-5-3-2-4-6-18)21-15-19(30)9-12-22(21)31-29(28)37/h2-12,15,24H,13-14,16H2,1H3,(H,31,37)(H,35,36)/i/hD. The number of carbonyl (C=O) groups is 2. The van der Waals surface area contributed by atoms with E-state index in [1.165, 1.54) is 5.01 Å². The van der Waals surface area contributed by atoms with Crippen molar-refractivity contribution in [1.82, 2.24) is 9.99 Å². The first kappa shape index (κ1) is 23.9. The third-order valence-electron chi connectivity index (χ3n) is 6.54. The van der Waals surface area contributed by atoms with E-state index in [9.17, 15) is 14.4 Å². The predicted octanol–water partition coefficient (Wildman–Crippen LogP) is 5.40. The van der Waals surface area contributed by atoms with Gasteiger partial charge in [0.1, 0.15) is 5.75 Å². The molecular weight excluding hydrogens is 506 g/mol. The van der Waals surface area contributed by atoms with Crippen LogP contribution in [0, 0.1) is 0 Å². The number of aliphatic carboxylic acids is 1. The van der Waals surface area contributed by atoms with E-state index < -0.39 is 17.9 Å². The molecule has 2 N–H and O–H groups in total. The Bertz CT molecular complexity index is 1640. The molecule has 0 fully saturated rings. The van der Waals surface area contributed by atoms with Crippen LogP contribution in [0.4, 0.5) is 0 Å². The number of halogens is 1. The Morgan fingerprint density at radius 3 is 2.58 bits per heavy atom. The van der Waals surface area contributed by atoms with Crippen molar-refractivity contribution in [3.05, 3.63) is 99.3 Å². The van der Waals surface area contributed by atoms with Gasteiger partial charge >= 0.3 is 5.97 Å². The summed E-state index contributed by atoms with van der Waals surface area (Å²) in [4.78, 5) is 41.3. The van der Waals surface area contributed by atoms with Crippen LogP contribution in [0.3, 0.4) is 0 Å². The molecule has 0 radical (unpaired) electrons. The van der Waals surface area contributed by atoms with Gasteiger partial charge in [-0.2, -0.15) is 5.10 Å². The zero-order valence-electron chi connectivity index (χ0n) is 21.4. The number of pyridine rings is 1. The van der Waals surface area contributed by atoms with Crippen LogP contribution < -0.4 is 10.3 Å². The van der Waals surface area contributed by atoms with Crippen LogP contribution in [0.1, 0.15) is 36.4 Å². The third kappa shape index (κ3) is 4.90. The molecule has 1 aromatic heterocycles. The minimum absolute atomic E-state index is 0.198. The minimum atomic E-state index is -0.818. The normalized spacial score (nSPS) is 15.2. The van der Waals surface area contributed by atoms with Crippen molar-refractivity contribution in [2.75, 3.05) is 7.11 Å². The van der Waals surface area contributed by atoms with Crippen LogP contribution >= 0.6 is 11.6 Å². The van der Waals surface area contributed by atoms with Gasteiger partial charge in [0.15, 0.2) is 0 Å². The minimum Gasteiger partial charge on any atom is -0.497 e. The van der Waals surface area contributed by atoms with Crippen LogP contribution in [0.25, 0.3) is 23.5 Å². The Hall–Kier alpha value is -4.43. The molecule has 1 amide bonds. The number of hydrogen-bond acceptors (Lipinski definition) is 6. The molecule has 1 atom stereocenters. The Kier molecular flexibility index (Phi) is 6.62. The van der Waals surface area contributed by atoms with Crippen molar-refractivity contribution in [3.63, 3.8) is 0 Å². The summed E-state index contributed by atoms with van der Waals surface area (Å²) in [6.45, 7) is 0. The Labute approximate surface area is 224 Å². The highest BCUT2D eigenvalue weighted by Crippen LogP contribution is 2.38. The molecular formula is C29H24ClN3O5. The van der Waals surface area contributed by atoms with E-state index in [1.54, 1.807) is 37.4 Å². The maximum absolute atomic E-state index is 13.6. The van der Waals surface area contributed by atoms with Crippen LogP contribution in [-0.2, 0) is 9.59 Å². The quantitative estimate of drug-likeness (QED) is 0.332. The first-order valence-electron chi connectivity index (χ1n) is 12.4. The lowest BCUT2D eigenvalue weighted by Gasteiger charge is -2.22. The van der Waals surface area contributed by atoms with Crippen molar-refractivity contribution in [2.45, 2.75) is 25.3 Å². The Balaban J connectivity index is 1.66. The molecule has 1 aliphatic heterocycles. The lowest BCUT2D eigenvalue weighted by molar-refractivity contribution is -0.141. The molecule has 9 heteroatoms. The number of carboxylic acid groups (broad SMARTS) is 1. The lowest BCUT2D eigenvalue weighted by atomic mass is 9.91. The maximum Gasteiger partial charge on any atom is 0.303 e. The molecule has 38 heavy (non-hydrogen) atoms. The van der Waals surface area contributed by atoms with Gasteiger partial charge < -0.3 is 14.8 Å². The number of rotatable bonds is 7. The number of nitrogens with zero attached hydrogens (tertiary/aromatic N) is 2. The summed E-state index contributed by atoms with van der Waals surface area (Å²) in [5, 5.41) is 11.2. The second-order valence-corrected chi connectivity index (χ2v) is 9.35. The van der Waals surface area contributed by atoms with Gasteiger partial charge in [0.05, 0.1) is 30.8 Å². The number of nitrogens with one attached hydrogen (secondary N) is 1. The summed E-state index contributed by atoms with van der Waals surface area (Å²) in [6, 6.07) is 21.5. The number of fused-ring (bicyclic) bond motifs is 1. The number of carboxylic acids is 1. The SMILES string of the molecule is [2H]OC(=O)CCC(=O)N1N=C(c2c(-c3ccccc3)c3cc(Cl)ccc3[nH]c2=O)CC1c1ccc(OC)cc1. The number of benzene rings is 3. The Morgan fingerprint density at radius 2 is 1.87 bits per heavy atom. The molecule has 0 aliphatic carbocycles. The average molecular weight is 531 g/mol. The van der Waals surface area contributed by atoms with Gasteiger partial charge in [-0.1, -0.05) is 54.1 Å². The van der Waals surface area contributed by atoms with E-state index in [0.717, 1.165) is 16.5 Å². The smallest absolute Gasteiger partial charge is 0.303 e. The van der Waals surface area contributed by atoms with Crippen molar-refractivity contribution in [1.29, 1.82) is 1.43 Å². The number of aromatic amines is 1. The zero-order chi connectivity index (χ0) is 27.5. The number of carbonyl (C=O) groups excluding carboxylic acids is 1. The van der Waals surface area contributed by atoms with Crippen LogP contribution in [-0.4, -0.2) is 39.8 Å². The van der Waals surface area contributed by atoms with Crippen molar-refractivity contribution in [3.8, 4) is 16.9 Å². The van der Waals surface area contributed by atoms with Crippen LogP contribution in [0.15, 0.2) is 82.7 Å². The van der Waals surface area contributed by atoms with E-state index in [-0.39, 0.29) is 24.8 Å². The number of aromatic nitrogens is 1. The molecule has 5 rings (SSSR count). The van der Waals surface area contributed by atoms with E-state index in [4.69, 9.17) is 17.8 Å². The summed E-state index contributed by atoms with van der Waals surface area (Å²) in [5.41, 5.74) is 3.30. The maximum atomic E-state index is 13.6. The van der Waals surface area contributed by atoms with Crippen molar-refractivity contribution >= 4 is 40.1 Å². The predicted molar refractivity (Wildman–Crippen MR) is 146 cm³/mol. The van der Waals surface area contributed by atoms with Crippen molar-refractivity contribution < 1.29 is 19.4 Å². The molecule has 0 spiro atoms. The molecule has 1 aliphatic rings. The van der Waals surface area contributed by atoms with Gasteiger partial charge in [0.2, 0.25) is 5.91 Å². The van der Waals surface area contributed by atoms with Gasteiger partial charge in [0.25, 0.3) is 6.99 Å². The molecule has 8 nitrogen and oxygen atoms in total. The third-order valence-corrected chi connectivity index (χ3v) is 6.77. The van der Waals surface area contributed by atoms with Gasteiger partial charge in [-0.3, -0.25) is 14.4 Å². The van der Waals surface area contributed by atoms with E-state index in [0.29, 0.717) is 33.1 Å². The molecule has 2 heterocycles. The number of ether oxygens (including phenoxy) is 1. The van der Waals surface area contributed by atoms with Gasteiger partial charge in [-0.15, -0.1) is 0 Å². The van der Waals surface area contributed by atoms with Crippen molar-refractivity contribution in [2.24, 2.45) is 5.10 Å². The number of hydrazone groups is 1. The van der Waals surface area contributed by atoms with Gasteiger partial charge in [-0.05, 0) is 41.5 Å². The number of hydrogen-bond donors (Lipinski definition) is 2. The molecule has 0 saturated carbocycles. The number of methoxy groups -OCH3 is 1. The lowest BCUT2D eigenvalue weighted by Crippen LogP contribution is -2.27. The second-order valence-electron chi connectivity index (χ2n) is 8.91. The van der Waals surface area contributed by atoms with E-state index in [2.05, 4.69) is 15.2 Å². The highest BCUT2D eigenvalue weighted by atomic mass is 35.5. The van der Waals surface area contributed by atoms with Crippen LogP contribution in [0.5, 0.6) is 5.75 Å². The summed E-state index contributed by atoms with van der Waals surface area (Å²) in [5.74, 6) is -0.595. The highest BCUT2D eigenvalue weighted by Gasteiger charge is 2.35. The fourth-order valence-corrected chi connectivity index (χ4v) is 4.92. The highest BCUT2D eigenvalue weighted by molar-refractivity contribution is 6.31. The summed E-state index contributed by atoms with van der Waals surface area (Å²) < 4.78 is 12.0. The van der Waals surface area contributed by atoms with Gasteiger partial charge in [-0.25, -0.2) is 5.01 Å². The van der Waals surface area contributed by atoms with E-state index in [1.807, 2.05) is 42.5 Å². The first-order chi connectivity index (χ1) is 18.9. The second kappa shape index (κ2) is 10.5. The summed E-state index contributed by atoms with van der Waals surface area (Å²) in [6.07, 6.45) is -0.199. The topological polar surface area (TPSA) is 112 Å². The molecule has 192 valence electrons. The summed E-state index contributed by atoms with van der Waals surface area (Å²) >= 11 is 6.36. The largest absolute Gasteiger partial charge is 0.497 e. The molecule has 0 bridgehead atoms. The fourth-order valence-electron chi connectivity index (χ4n) is 4.75.